The second-order valence-electron chi connectivity index (χ2n) is 4.15. The van der Waals surface area contributed by atoms with E-state index < -0.39 is 10.0 Å². The fourth-order valence-corrected chi connectivity index (χ4v) is 2.74. The minimum Gasteiger partial charge on any atom is -0.381 e. The molecule has 7 heteroatoms. The fraction of sp³-hybridized carbons (Fsp3) is 0.500. The van der Waals surface area contributed by atoms with Crippen LogP contribution in [0, 0.1) is 0 Å². The first-order chi connectivity index (χ1) is 9.13. The topological polar surface area (TPSA) is 76.7 Å². The van der Waals surface area contributed by atoms with Crippen molar-refractivity contribution in [1.82, 2.24) is 4.72 Å². The highest BCUT2D eigenvalue weighted by Crippen LogP contribution is 2.20. The van der Waals surface area contributed by atoms with E-state index in [1.54, 1.807) is 24.3 Å². The normalized spacial score (nSPS) is 20.2. The summed E-state index contributed by atoms with van der Waals surface area (Å²) in [5.41, 5.74) is 0.561. The summed E-state index contributed by atoms with van der Waals surface area (Å²) in [6, 6.07) is 6.77. The van der Waals surface area contributed by atoms with Crippen LogP contribution in [0.2, 0.25) is 0 Å². The summed E-state index contributed by atoms with van der Waals surface area (Å²) in [6.45, 7) is 2.22. The molecule has 1 aliphatic heterocycles. The van der Waals surface area contributed by atoms with Crippen molar-refractivity contribution in [3.8, 4) is 0 Å². The van der Waals surface area contributed by atoms with E-state index >= 15 is 0 Å². The van der Waals surface area contributed by atoms with Crippen LogP contribution in [-0.2, 0) is 19.5 Å². The van der Waals surface area contributed by atoms with Crippen LogP contribution in [0.5, 0.6) is 0 Å². The van der Waals surface area contributed by atoms with Crippen molar-refractivity contribution in [1.29, 1.82) is 0 Å². The Labute approximate surface area is 113 Å². The molecule has 0 radical (unpaired) electrons. The fourth-order valence-electron chi connectivity index (χ4n) is 1.84. The van der Waals surface area contributed by atoms with E-state index in [-0.39, 0.29) is 11.0 Å². The summed E-state index contributed by atoms with van der Waals surface area (Å²) in [5.74, 6) is 0. The van der Waals surface area contributed by atoms with E-state index in [0.717, 1.165) is 0 Å². The lowest BCUT2D eigenvalue weighted by Gasteiger charge is -2.24. The number of anilines is 1. The SMILES string of the molecule is CNS(=O)(=O)c1ccccc1NCC1COCCO1. The van der Waals surface area contributed by atoms with Crippen molar-refractivity contribution < 1.29 is 17.9 Å². The molecule has 0 bridgehead atoms. The summed E-state index contributed by atoms with van der Waals surface area (Å²) < 4.78 is 36.8. The molecule has 0 amide bonds. The zero-order valence-electron chi connectivity index (χ0n) is 10.8. The minimum atomic E-state index is -3.47. The van der Waals surface area contributed by atoms with Crippen LogP contribution < -0.4 is 10.0 Å². The number of benzene rings is 1. The van der Waals surface area contributed by atoms with Crippen molar-refractivity contribution in [2.75, 3.05) is 38.7 Å². The molecule has 1 fully saturated rings. The van der Waals surface area contributed by atoms with E-state index in [9.17, 15) is 8.42 Å². The summed E-state index contributed by atoms with van der Waals surface area (Å²) in [7, 11) is -2.07. The van der Waals surface area contributed by atoms with E-state index in [2.05, 4.69) is 10.0 Å². The molecule has 1 saturated heterocycles. The monoisotopic (exact) mass is 286 g/mol. The molecule has 1 atom stereocenters. The second kappa shape index (κ2) is 6.33. The molecule has 0 aliphatic carbocycles. The quantitative estimate of drug-likeness (QED) is 0.820. The average molecular weight is 286 g/mol. The number of hydrogen-bond acceptors (Lipinski definition) is 5. The summed E-state index contributed by atoms with van der Waals surface area (Å²) >= 11 is 0. The van der Waals surface area contributed by atoms with Gasteiger partial charge in [0.05, 0.1) is 31.6 Å². The lowest BCUT2D eigenvalue weighted by Crippen LogP contribution is -2.34. The van der Waals surface area contributed by atoms with Crippen molar-refractivity contribution in [2.45, 2.75) is 11.0 Å². The number of hydrogen-bond donors (Lipinski definition) is 2. The van der Waals surface area contributed by atoms with Gasteiger partial charge in [-0.25, -0.2) is 13.1 Å². The van der Waals surface area contributed by atoms with Gasteiger partial charge in [-0.1, -0.05) is 12.1 Å². The molecule has 2 rings (SSSR count). The standard InChI is InChI=1S/C12H18N2O4S/c1-13-19(15,16)12-5-3-2-4-11(12)14-8-10-9-17-6-7-18-10/h2-5,10,13-14H,6-9H2,1H3. The van der Waals surface area contributed by atoms with Gasteiger partial charge in [0.1, 0.15) is 4.90 Å². The van der Waals surface area contributed by atoms with E-state index in [4.69, 9.17) is 9.47 Å². The summed E-state index contributed by atoms with van der Waals surface area (Å²) in [5, 5.41) is 3.10. The molecule has 0 spiro atoms. The third kappa shape index (κ3) is 3.66. The van der Waals surface area contributed by atoms with Crippen LogP contribution >= 0.6 is 0 Å². The number of sulfonamides is 1. The van der Waals surface area contributed by atoms with Gasteiger partial charge in [-0.15, -0.1) is 0 Å². The van der Waals surface area contributed by atoms with Crippen LogP contribution in [0.3, 0.4) is 0 Å². The molecule has 1 aromatic rings. The van der Waals surface area contributed by atoms with Gasteiger partial charge >= 0.3 is 0 Å². The Bertz CT molecular complexity index is 512. The van der Waals surface area contributed by atoms with Crippen molar-refractivity contribution in [3.63, 3.8) is 0 Å². The van der Waals surface area contributed by atoms with Gasteiger partial charge < -0.3 is 14.8 Å². The third-order valence-electron chi connectivity index (χ3n) is 2.85. The van der Waals surface area contributed by atoms with Gasteiger partial charge in [0.15, 0.2) is 0 Å². The van der Waals surface area contributed by atoms with E-state index in [1.807, 2.05) is 0 Å². The van der Waals surface area contributed by atoms with Gasteiger partial charge in [0.25, 0.3) is 0 Å². The molecule has 2 N–H and O–H groups in total. The van der Waals surface area contributed by atoms with E-state index in [1.165, 1.54) is 7.05 Å². The lowest BCUT2D eigenvalue weighted by molar-refractivity contribution is -0.0819. The predicted molar refractivity (Wildman–Crippen MR) is 71.7 cm³/mol. The van der Waals surface area contributed by atoms with Gasteiger partial charge in [-0.2, -0.15) is 0 Å². The molecule has 1 aliphatic rings. The van der Waals surface area contributed by atoms with Gasteiger partial charge in [0, 0.05) is 6.54 Å². The van der Waals surface area contributed by atoms with Crippen molar-refractivity contribution in [3.05, 3.63) is 24.3 Å². The third-order valence-corrected chi connectivity index (χ3v) is 4.32. The average Bonchev–Trinajstić information content (AvgIpc) is 2.46. The molecule has 0 saturated carbocycles. The molecule has 6 nitrogen and oxygen atoms in total. The first-order valence-corrected chi connectivity index (χ1v) is 7.57. The minimum absolute atomic E-state index is 0.0564. The second-order valence-corrected chi connectivity index (χ2v) is 6.01. The Morgan fingerprint density at radius 3 is 2.79 bits per heavy atom. The van der Waals surface area contributed by atoms with Crippen LogP contribution in [0.25, 0.3) is 0 Å². The van der Waals surface area contributed by atoms with Crippen LogP contribution in [-0.4, -0.2) is 47.9 Å². The zero-order chi connectivity index (χ0) is 13.7. The molecule has 0 aromatic heterocycles. The molecule has 19 heavy (non-hydrogen) atoms. The molecule has 106 valence electrons. The van der Waals surface area contributed by atoms with Crippen molar-refractivity contribution in [2.24, 2.45) is 0 Å². The number of para-hydroxylation sites is 1. The molecular weight excluding hydrogens is 268 g/mol. The highest BCUT2D eigenvalue weighted by Gasteiger charge is 2.18. The van der Waals surface area contributed by atoms with Gasteiger partial charge in [-0.3, -0.25) is 0 Å². The molecule has 1 unspecified atom stereocenters. The van der Waals surface area contributed by atoms with Gasteiger partial charge in [0.2, 0.25) is 10.0 Å². The first kappa shape index (κ1) is 14.3. The number of ether oxygens (including phenoxy) is 2. The maximum atomic E-state index is 11.9. The van der Waals surface area contributed by atoms with Gasteiger partial charge in [-0.05, 0) is 19.2 Å². The molecule has 1 aromatic carbocycles. The number of nitrogens with one attached hydrogen (secondary N) is 2. The molecular formula is C12H18N2O4S. The highest BCUT2D eigenvalue weighted by atomic mass is 32.2. The Morgan fingerprint density at radius 1 is 1.32 bits per heavy atom. The smallest absolute Gasteiger partial charge is 0.242 e. The maximum absolute atomic E-state index is 11.9. The maximum Gasteiger partial charge on any atom is 0.242 e. The Morgan fingerprint density at radius 2 is 2.11 bits per heavy atom. The lowest BCUT2D eigenvalue weighted by atomic mass is 10.3. The van der Waals surface area contributed by atoms with E-state index in [0.29, 0.717) is 32.1 Å². The largest absolute Gasteiger partial charge is 0.381 e. The van der Waals surface area contributed by atoms with Crippen molar-refractivity contribution >= 4 is 15.7 Å². The highest BCUT2D eigenvalue weighted by molar-refractivity contribution is 7.89. The van der Waals surface area contributed by atoms with Crippen LogP contribution in [0.15, 0.2) is 29.2 Å². The summed E-state index contributed by atoms with van der Waals surface area (Å²) in [6.07, 6.45) is -0.0564. The molecule has 1 heterocycles. The predicted octanol–water partition coefficient (Wildman–Crippen LogP) is 0.422. The summed E-state index contributed by atoms with van der Waals surface area (Å²) in [4.78, 5) is 0.231. The first-order valence-electron chi connectivity index (χ1n) is 6.09. The number of rotatable bonds is 5. The zero-order valence-corrected chi connectivity index (χ0v) is 11.6. The Balaban J connectivity index is 2.07. The Kier molecular flexibility index (Phi) is 4.76. The van der Waals surface area contributed by atoms with Crippen LogP contribution in [0.4, 0.5) is 5.69 Å². The Hall–Kier alpha value is -1.15. The van der Waals surface area contributed by atoms with Crippen LogP contribution in [0.1, 0.15) is 0 Å².